The zero-order chi connectivity index (χ0) is 17.3. The molecule has 4 aromatic rings. The molecule has 0 fully saturated rings. The van der Waals surface area contributed by atoms with Crippen molar-refractivity contribution < 1.29 is 25.8 Å². The van der Waals surface area contributed by atoms with Crippen LogP contribution in [0.25, 0.3) is 22.3 Å². The van der Waals surface area contributed by atoms with E-state index in [1.807, 2.05) is 12.1 Å². The molecule has 2 aliphatic rings. The fourth-order valence-electron chi connectivity index (χ4n) is 4.00. The summed E-state index contributed by atoms with van der Waals surface area (Å²) in [5.74, 6) is 0. The molecule has 0 nitrogen and oxygen atoms in total. The molecular formula is C26H21HfSi-2. The van der Waals surface area contributed by atoms with Crippen LogP contribution in [0.15, 0.2) is 84.9 Å². The van der Waals surface area contributed by atoms with Gasteiger partial charge in [0.05, 0.1) is 0 Å². The molecule has 0 aliphatic heterocycles. The van der Waals surface area contributed by atoms with E-state index in [0.29, 0.717) is 0 Å². The average molecular weight is 540 g/mol. The summed E-state index contributed by atoms with van der Waals surface area (Å²) in [6.45, 7) is 0. The Kier molecular flexibility index (Phi) is 6.64. The summed E-state index contributed by atoms with van der Waals surface area (Å²) in [4.78, 5) is 0. The molecule has 1 radical (unpaired) electrons. The molecule has 0 heterocycles. The maximum absolute atomic E-state index is 3.30. The van der Waals surface area contributed by atoms with E-state index < -0.39 is 0 Å². The SMILES string of the molecule is [Hf].[SiH3].[c-]1cccc2c1Cc1ccccc1-2.[c-]1cccc2c1Cc1ccccc1-2. The Morgan fingerprint density at radius 2 is 0.893 bits per heavy atom. The molecule has 0 aromatic heterocycles. The molecule has 135 valence electrons. The molecule has 2 heteroatoms. The van der Waals surface area contributed by atoms with Crippen molar-refractivity contribution in [2.24, 2.45) is 0 Å². The molecule has 0 bridgehead atoms. The largest absolute Gasteiger partial charge is 0.179 e. The van der Waals surface area contributed by atoms with Crippen LogP contribution in [0.4, 0.5) is 0 Å². The number of benzene rings is 4. The maximum atomic E-state index is 3.30. The van der Waals surface area contributed by atoms with Gasteiger partial charge in [0.15, 0.2) is 0 Å². The van der Waals surface area contributed by atoms with Gasteiger partial charge in [0.25, 0.3) is 0 Å². The van der Waals surface area contributed by atoms with E-state index in [-0.39, 0.29) is 36.8 Å². The van der Waals surface area contributed by atoms with Crippen LogP contribution in [0.5, 0.6) is 0 Å². The van der Waals surface area contributed by atoms with Crippen molar-refractivity contribution in [1.82, 2.24) is 0 Å². The van der Waals surface area contributed by atoms with Gasteiger partial charge in [-0.05, 0) is 23.8 Å². The second-order valence-corrected chi connectivity index (χ2v) is 6.79. The molecule has 0 N–H and O–H groups in total. The number of hydrogen-bond donors (Lipinski definition) is 0. The smallest absolute Gasteiger partial charge is 0 e. The normalized spacial score (nSPS) is 11.4. The van der Waals surface area contributed by atoms with Crippen LogP contribution in [-0.4, -0.2) is 11.0 Å². The van der Waals surface area contributed by atoms with E-state index in [4.69, 9.17) is 0 Å². The van der Waals surface area contributed by atoms with E-state index in [0.717, 1.165) is 12.8 Å². The Labute approximate surface area is 190 Å². The molecule has 0 spiro atoms. The van der Waals surface area contributed by atoms with Gasteiger partial charge in [0.1, 0.15) is 0 Å². The average Bonchev–Trinajstić information content (AvgIpc) is 3.27. The minimum atomic E-state index is 0. The van der Waals surface area contributed by atoms with Crippen LogP contribution < -0.4 is 0 Å². The molecule has 2 aliphatic carbocycles. The summed E-state index contributed by atoms with van der Waals surface area (Å²) >= 11 is 0. The first-order chi connectivity index (χ1) is 12.9. The van der Waals surface area contributed by atoms with Crippen molar-refractivity contribution >= 4 is 11.0 Å². The molecule has 0 atom stereocenters. The van der Waals surface area contributed by atoms with Crippen molar-refractivity contribution in [3.63, 3.8) is 0 Å². The Morgan fingerprint density at radius 3 is 1.36 bits per heavy atom. The molecular weight excluding hydrogens is 519 g/mol. The van der Waals surface area contributed by atoms with Crippen molar-refractivity contribution in [3.05, 3.63) is 119 Å². The van der Waals surface area contributed by atoms with Gasteiger partial charge in [-0.3, -0.25) is 0 Å². The van der Waals surface area contributed by atoms with Crippen LogP contribution in [0.2, 0.25) is 0 Å². The summed E-state index contributed by atoms with van der Waals surface area (Å²) in [7, 11) is 0. The van der Waals surface area contributed by atoms with Gasteiger partial charge in [-0.15, -0.1) is 11.1 Å². The Hall–Kier alpha value is -2.03. The summed E-state index contributed by atoms with van der Waals surface area (Å²) in [5, 5.41) is 0. The topological polar surface area (TPSA) is 0 Å². The maximum Gasteiger partial charge on any atom is 0 e. The number of hydrogen-bond acceptors (Lipinski definition) is 0. The summed E-state index contributed by atoms with van der Waals surface area (Å²) < 4.78 is 0. The zero-order valence-electron chi connectivity index (χ0n) is 16.0. The summed E-state index contributed by atoms with van der Waals surface area (Å²) in [6, 6.07) is 36.2. The Morgan fingerprint density at radius 1 is 0.500 bits per heavy atom. The molecule has 0 saturated heterocycles. The molecule has 0 unspecified atom stereocenters. The van der Waals surface area contributed by atoms with Crippen LogP contribution in [0.1, 0.15) is 22.3 Å². The van der Waals surface area contributed by atoms with Gasteiger partial charge >= 0.3 is 0 Å². The van der Waals surface area contributed by atoms with E-state index >= 15 is 0 Å². The first-order valence-corrected chi connectivity index (χ1v) is 9.06. The zero-order valence-corrected chi connectivity index (χ0v) is 21.6. The molecule has 0 saturated carbocycles. The molecule has 4 aromatic carbocycles. The molecule has 6 rings (SSSR count). The van der Waals surface area contributed by atoms with Crippen LogP contribution in [0, 0.1) is 12.1 Å². The van der Waals surface area contributed by atoms with Crippen molar-refractivity contribution in [2.75, 3.05) is 0 Å². The van der Waals surface area contributed by atoms with Gasteiger partial charge in [-0.2, -0.15) is 59.7 Å². The summed E-state index contributed by atoms with van der Waals surface area (Å²) in [6.07, 6.45) is 2.10. The van der Waals surface area contributed by atoms with Crippen molar-refractivity contribution in [1.29, 1.82) is 0 Å². The predicted octanol–water partition coefficient (Wildman–Crippen LogP) is 4.93. The minimum Gasteiger partial charge on any atom is -0.179 e. The number of fused-ring (bicyclic) bond motifs is 6. The number of rotatable bonds is 0. The quantitative estimate of drug-likeness (QED) is 0.190. The van der Waals surface area contributed by atoms with E-state index in [1.54, 1.807) is 0 Å². The van der Waals surface area contributed by atoms with Crippen LogP contribution >= 0.6 is 0 Å². The fourth-order valence-corrected chi connectivity index (χ4v) is 4.00. The van der Waals surface area contributed by atoms with E-state index in [2.05, 4.69) is 84.9 Å². The predicted molar refractivity (Wildman–Crippen MR) is 117 cm³/mol. The Bertz CT molecular complexity index is 925. The van der Waals surface area contributed by atoms with Gasteiger partial charge in [-0.25, -0.2) is 0 Å². The first-order valence-electron chi connectivity index (χ1n) is 9.06. The van der Waals surface area contributed by atoms with E-state index in [9.17, 15) is 0 Å². The fraction of sp³-hybridized carbons (Fsp3) is 0.0769. The van der Waals surface area contributed by atoms with E-state index in [1.165, 1.54) is 44.5 Å². The van der Waals surface area contributed by atoms with Gasteiger partial charge in [-0.1, -0.05) is 70.8 Å². The third-order valence-corrected chi connectivity index (χ3v) is 5.23. The van der Waals surface area contributed by atoms with Gasteiger partial charge < -0.3 is 0 Å². The molecule has 0 amide bonds. The second kappa shape index (κ2) is 8.98. The monoisotopic (exact) mass is 541 g/mol. The van der Waals surface area contributed by atoms with Gasteiger partial charge in [0.2, 0.25) is 0 Å². The van der Waals surface area contributed by atoms with Crippen LogP contribution in [-0.2, 0) is 38.7 Å². The standard InChI is InChI=1S/2C13H9.Hf.H3Si/c2*1-3-7-12-10(5-1)9-11-6-2-4-8-13(11)12;;/h2*1-5,7-8H,9H2;;1H3/q2*-1;;. The third kappa shape index (κ3) is 3.76. The van der Waals surface area contributed by atoms with Crippen molar-refractivity contribution in [3.8, 4) is 22.3 Å². The van der Waals surface area contributed by atoms with Crippen molar-refractivity contribution in [2.45, 2.75) is 12.8 Å². The molecule has 28 heavy (non-hydrogen) atoms. The minimum absolute atomic E-state index is 0. The first kappa shape index (κ1) is 20.7. The third-order valence-electron chi connectivity index (χ3n) is 5.23. The Balaban J connectivity index is 0.000000150. The summed E-state index contributed by atoms with van der Waals surface area (Å²) in [5.41, 5.74) is 11.0. The second-order valence-electron chi connectivity index (χ2n) is 6.79. The van der Waals surface area contributed by atoms with Gasteiger partial charge in [0, 0.05) is 25.8 Å². The van der Waals surface area contributed by atoms with Crippen LogP contribution in [0.3, 0.4) is 0 Å².